The standard InChI is InChI=1S/C12H12N2O3S/c13-8-11-6-3-5-10(12(11)9-14)4-1-2-7-18(15,16)17/h3,5-6H,1-2,4,7H2,(H,15,16,17). The second kappa shape index (κ2) is 6.15. The molecular weight excluding hydrogens is 252 g/mol. The van der Waals surface area contributed by atoms with Crippen molar-refractivity contribution in [3.63, 3.8) is 0 Å². The third-order valence-electron chi connectivity index (χ3n) is 2.48. The zero-order chi connectivity index (χ0) is 13.6. The van der Waals surface area contributed by atoms with Crippen LogP contribution in [0, 0.1) is 22.7 Å². The van der Waals surface area contributed by atoms with E-state index in [1.54, 1.807) is 18.2 Å². The molecule has 94 valence electrons. The predicted molar refractivity (Wildman–Crippen MR) is 65.2 cm³/mol. The second-order valence-electron chi connectivity index (χ2n) is 3.81. The van der Waals surface area contributed by atoms with Crippen molar-refractivity contribution in [3.05, 3.63) is 34.9 Å². The number of hydrogen-bond acceptors (Lipinski definition) is 4. The number of aryl methyl sites for hydroxylation is 1. The van der Waals surface area contributed by atoms with Gasteiger partial charge in [-0.15, -0.1) is 0 Å². The number of unbranched alkanes of at least 4 members (excludes halogenated alkanes) is 1. The summed E-state index contributed by atoms with van der Waals surface area (Å²) in [5.41, 5.74) is 1.39. The Bertz CT molecular complexity index is 609. The zero-order valence-electron chi connectivity index (χ0n) is 9.63. The minimum atomic E-state index is -3.92. The Balaban J connectivity index is 2.70. The highest BCUT2D eigenvalue weighted by Crippen LogP contribution is 2.15. The molecule has 0 heterocycles. The third-order valence-corrected chi connectivity index (χ3v) is 3.29. The molecular formula is C12H12N2O3S. The molecule has 1 aromatic rings. The lowest BCUT2D eigenvalue weighted by Gasteiger charge is -2.04. The largest absolute Gasteiger partial charge is 0.286 e. The fourth-order valence-electron chi connectivity index (χ4n) is 1.63. The van der Waals surface area contributed by atoms with E-state index in [1.807, 2.05) is 12.1 Å². The van der Waals surface area contributed by atoms with Gasteiger partial charge in [-0.3, -0.25) is 4.55 Å². The molecule has 0 saturated carbocycles. The molecule has 1 aromatic carbocycles. The Morgan fingerprint density at radius 1 is 1.17 bits per heavy atom. The first-order valence-corrected chi connectivity index (χ1v) is 6.96. The number of nitrogens with zero attached hydrogens (tertiary/aromatic N) is 2. The molecule has 0 aliphatic carbocycles. The highest BCUT2D eigenvalue weighted by atomic mass is 32.2. The maximum atomic E-state index is 10.5. The first-order chi connectivity index (χ1) is 8.48. The summed E-state index contributed by atoms with van der Waals surface area (Å²) in [7, 11) is -3.92. The van der Waals surface area contributed by atoms with Crippen molar-refractivity contribution < 1.29 is 13.0 Å². The SMILES string of the molecule is N#Cc1cccc(CCCCS(=O)(=O)O)c1C#N. The molecule has 0 fully saturated rings. The van der Waals surface area contributed by atoms with Crippen LogP contribution in [0.1, 0.15) is 29.5 Å². The van der Waals surface area contributed by atoms with Gasteiger partial charge >= 0.3 is 0 Å². The Morgan fingerprint density at radius 2 is 1.89 bits per heavy atom. The molecule has 0 atom stereocenters. The van der Waals surface area contributed by atoms with Gasteiger partial charge in [0.25, 0.3) is 10.1 Å². The lowest BCUT2D eigenvalue weighted by atomic mass is 9.99. The molecule has 18 heavy (non-hydrogen) atoms. The van der Waals surface area contributed by atoms with Gasteiger partial charge in [-0.05, 0) is 30.9 Å². The molecule has 6 heteroatoms. The average molecular weight is 264 g/mol. The topological polar surface area (TPSA) is 102 Å². The van der Waals surface area contributed by atoms with Crippen molar-refractivity contribution in [3.8, 4) is 12.1 Å². The first kappa shape index (κ1) is 14.2. The molecule has 0 amide bonds. The summed E-state index contributed by atoms with van der Waals surface area (Å²) < 4.78 is 29.6. The Hall–Kier alpha value is -1.89. The van der Waals surface area contributed by atoms with Gasteiger partial charge in [-0.1, -0.05) is 12.1 Å². The van der Waals surface area contributed by atoms with Crippen molar-refractivity contribution >= 4 is 10.1 Å². The molecule has 0 radical (unpaired) electrons. The molecule has 0 aromatic heterocycles. The van der Waals surface area contributed by atoms with E-state index in [-0.39, 0.29) is 5.75 Å². The number of rotatable bonds is 5. The summed E-state index contributed by atoms with van der Waals surface area (Å²) in [5.74, 6) is -0.285. The van der Waals surface area contributed by atoms with Crippen LogP contribution in [-0.2, 0) is 16.5 Å². The van der Waals surface area contributed by atoms with Crippen LogP contribution in [0.4, 0.5) is 0 Å². The van der Waals surface area contributed by atoms with Gasteiger partial charge in [0.05, 0.1) is 16.9 Å². The van der Waals surface area contributed by atoms with Crippen LogP contribution in [0.15, 0.2) is 18.2 Å². The van der Waals surface area contributed by atoms with Gasteiger partial charge in [-0.2, -0.15) is 18.9 Å². The van der Waals surface area contributed by atoms with Crippen LogP contribution in [0.25, 0.3) is 0 Å². The van der Waals surface area contributed by atoms with Gasteiger partial charge in [0, 0.05) is 0 Å². The van der Waals surface area contributed by atoms with Gasteiger partial charge in [0.15, 0.2) is 0 Å². The van der Waals surface area contributed by atoms with Crippen LogP contribution in [0.2, 0.25) is 0 Å². The van der Waals surface area contributed by atoms with Gasteiger partial charge in [-0.25, -0.2) is 0 Å². The van der Waals surface area contributed by atoms with Crippen molar-refractivity contribution in [1.82, 2.24) is 0 Å². The van der Waals surface area contributed by atoms with Crippen molar-refractivity contribution in [1.29, 1.82) is 10.5 Å². The normalized spacial score (nSPS) is 10.6. The summed E-state index contributed by atoms with van der Waals surface area (Å²) >= 11 is 0. The number of hydrogen-bond donors (Lipinski definition) is 1. The zero-order valence-corrected chi connectivity index (χ0v) is 10.4. The monoisotopic (exact) mass is 264 g/mol. The van der Waals surface area contributed by atoms with E-state index in [0.29, 0.717) is 30.4 Å². The smallest absolute Gasteiger partial charge is 0.264 e. The summed E-state index contributed by atoms with van der Waals surface area (Å²) in [6.45, 7) is 0. The number of benzene rings is 1. The summed E-state index contributed by atoms with van der Waals surface area (Å²) in [6, 6.07) is 8.93. The van der Waals surface area contributed by atoms with Crippen LogP contribution in [0.5, 0.6) is 0 Å². The number of nitriles is 2. The fourth-order valence-corrected chi connectivity index (χ4v) is 2.20. The average Bonchev–Trinajstić information content (AvgIpc) is 2.32. The summed E-state index contributed by atoms with van der Waals surface area (Å²) in [4.78, 5) is 0. The van der Waals surface area contributed by atoms with Crippen LogP contribution < -0.4 is 0 Å². The van der Waals surface area contributed by atoms with E-state index in [4.69, 9.17) is 15.1 Å². The van der Waals surface area contributed by atoms with Gasteiger partial charge in [0.2, 0.25) is 0 Å². The van der Waals surface area contributed by atoms with Crippen LogP contribution in [0.3, 0.4) is 0 Å². The van der Waals surface area contributed by atoms with E-state index in [9.17, 15) is 8.42 Å². The van der Waals surface area contributed by atoms with E-state index in [0.717, 1.165) is 5.56 Å². The lowest BCUT2D eigenvalue weighted by Crippen LogP contribution is -2.04. The van der Waals surface area contributed by atoms with Gasteiger partial charge < -0.3 is 0 Å². The summed E-state index contributed by atoms with van der Waals surface area (Å²) in [6.07, 6.45) is 1.36. The van der Waals surface area contributed by atoms with Crippen molar-refractivity contribution in [2.75, 3.05) is 5.75 Å². The maximum absolute atomic E-state index is 10.5. The van der Waals surface area contributed by atoms with E-state index in [2.05, 4.69) is 0 Å². The quantitative estimate of drug-likeness (QED) is 0.643. The maximum Gasteiger partial charge on any atom is 0.264 e. The second-order valence-corrected chi connectivity index (χ2v) is 5.38. The molecule has 0 saturated heterocycles. The van der Waals surface area contributed by atoms with E-state index < -0.39 is 10.1 Å². The Labute approximate surface area is 106 Å². The Morgan fingerprint density at radius 3 is 2.44 bits per heavy atom. The first-order valence-electron chi connectivity index (χ1n) is 5.35. The van der Waals surface area contributed by atoms with E-state index >= 15 is 0 Å². The fraction of sp³-hybridized carbons (Fsp3) is 0.333. The summed E-state index contributed by atoms with van der Waals surface area (Å²) in [5, 5.41) is 17.8. The van der Waals surface area contributed by atoms with Crippen LogP contribution in [-0.4, -0.2) is 18.7 Å². The predicted octanol–water partition coefficient (Wildman–Crippen LogP) is 1.64. The van der Waals surface area contributed by atoms with Gasteiger partial charge in [0.1, 0.15) is 12.1 Å². The molecule has 1 rings (SSSR count). The molecule has 0 bridgehead atoms. The Kier molecular flexibility index (Phi) is 4.85. The minimum Gasteiger partial charge on any atom is -0.286 e. The van der Waals surface area contributed by atoms with E-state index in [1.165, 1.54) is 0 Å². The molecule has 5 nitrogen and oxygen atoms in total. The van der Waals surface area contributed by atoms with Crippen LogP contribution >= 0.6 is 0 Å². The highest BCUT2D eigenvalue weighted by Gasteiger charge is 2.08. The molecule has 0 aliphatic rings. The molecule has 0 spiro atoms. The third kappa shape index (κ3) is 4.17. The molecule has 0 aliphatic heterocycles. The highest BCUT2D eigenvalue weighted by molar-refractivity contribution is 7.85. The molecule has 1 N–H and O–H groups in total. The molecule has 0 unspecified atom stereocenters. The van der Waals surface area contributed by atoms with Crippen molar-refractivity contribution in [2.45, 2.75) is 19.3 Å². The lowest BCUT2D eigenvalue weighted by molar-refractivity contribution is 0.480. The minimum absolute atomic E-state index is 0.285. The van der Waals surface area contributed by atoms with Crippen molar-refractivity contribution in [2.24, 2.45) is 0 Å².